The molecule has 1 saturated carbocycles. The number of carbonyl (C=O) groups excluding carboxylic acids is 1. The minimum absolute atomic E-state index is 0.116. The lowest BCUT2D eigenvalue weighted by atomic mass is 9.95. The number of nitrogens with one attached hydrogen (secondary N) is 2. The number of hydrogen-bond donors (Lipinski definition) is 3. The Labute approximate surface area is 197 Å². The number of piperazine rings is 1. The van der Waals surface area contributed by atoms with Crippen molar-refractivity contribution in [3.8, 4) is 11.1 Å². The number of rotatable bonds is 8. The summed E-state index contributed by atoms with van der Waals surface area (Å²) in [7, 11) is 2.19. The van der Waals surface area contributed by atoms with E-state index in [9.17, 15) is 4.79 Å². The Balaban J connectivity index is 1.29. The largest absolute Gasteiger partial charge is 0.383 e. The van der Waals surface area contributed by atoms with Gasteiger partial charge in [0.15, 0.2) is 0 Å². The summed E-state index contributed by atoms with van der Waals surface area (Å²) in [6.07, 6.45) is 7.45. The van der Waals surface area contributed by atoms with Crippen LogP contribution in [0.25, 0.3) is 11.1 Å². The molecular weight excluding hydrogens is 412 g/mol. The Kier molecular flexibility index (Phi) is 8.31. The number of benzene rings is 1. The van der Waals surface area contributed by atoms with Gasteiger partial charge >= 0.3 is 0 Å². The molecule has 2 heterocycles. The fraction of sp³-hybridized carbons (Fsp3) is 0.538. The monoisotopic (exact) mass is 450 g/mol. The van der Waals surface area contributed by atoms with Crippen molar-refractivity contribution in [1.29, 1.82) is 0 Å². The molecular formula is C26H38N6O. The van der Waals surface area contributed by atoms with Crippen molar-refractivity contribution in [2.75, 3.05) is 52.0 Å². The molecule has 0 atom stereocenters. The van der Waals surface area contributed by atoms with E-state index in [1.807, 2.05) is 6.07 Å². The van der Waals surface area contributed by atoms with Gasteiger partial charge in [-0.1, -0.05) is 43.5 Å². The predicted molar refractivity (Wildman–Crippen MR) is 134 cm³/mol. The van der Waals surface area contributed by atoms with Crippen LogP contribution in [0.15, 0.2) is 36.5 Å². The molecule has 0 bridgehead atoms. The van der Waals surface area contributed by atoms with Gasteiger partial charge in [-0.05, 0) is 37.1 Å². The van der Waals surface area contributed by atoms with Gasteiger partial charge in [-0.25, -0.2) is 4.98 Å². The van der Waals surface area contributed by atoms with Crippen molar-refractivity contribution in [3.63, 3.8) is 0 Å². The highest BCUT2D eigenvalue weighted by Crippen LogP contribution is 2.24. The third-order valence-electron chi connectivity index (χ3n) is 6.92. The normalized spacial score (nSPS) is 18.3. The molecule has 2 fully saturated rings. The third-order valence-corrected chi connectivity index (χ3v) is 6.92. The van der Waals surface area contributed by atoms with Crippen LogP contribution >= 0.6 is 0 Å². The second-order valence-electron chi connectivity index (χ2n) is 9.48. The van der Waals surface area contributed by atoms with Crippen LogP contribution in [-0.4, -0.2) is 73.0 Å². The zero-order chi connectivity index (χ0) is 23.0. The summed E-state index contributed by atoms with van der Waals surface area (Å²) in [5, 5.41) is 6.70. The number of nitrogens with zero attached hydrogens (tertiary/aromatic N) is 3. The van der Waals surface area contributed by atoms with E-state index in [-0.39, 0.29) is 17.8 Å². The quantitative estimate of drug-likeness (QED) is 0.536. The van der Waals surface area contributed by atoms with Gasteiger partial charge in [0.1, 0.15) is 5.82 Å². The van der Waals surface area contributed by atoms with Crippen molar-refractivity contribution in [2.45, 2.75) is 44.7 Å². The van der Waals surface area contributed by atoms with Crippen LogP contribution in [0.5, 0.6) is 0 Å². The lowest BCUT2D eigenvalue weighted by Gasteiger charge is -2.32. The fourth-order valence-electron chi connectivity index (χ4n) is 4.68. The minimum atomic E-state index is -0.116. The van der Waals surface area contributed by atoms with Gasteiger partial charge in [0, 0.05) is 63.6 Å². The van der Waals surface area contributed by atoms with E-state index in [1.165, 1.54) is 24.8 Å². The van der Waals surface area contributed by atoms with Gasteiger partial charge < -0.3 is 21.3 Å². The van der Waals surface area contributed by atoms with Crippen LogP contribution < -0.4 is 16.4 Å². The molecule has 178 valence electrons. The minimum Gasteiger partial charge on any atom is -0.383 e. The van der Waals surface area contributed by atoms with E-state index >= 15 is 0 Å². The van der Waals surface area contributed by atoms with Gasteiger partial charge in [0.25, 0.3) is 5.91 Å². The summed E-state index contributed by atoms with van der Waals surface area (Å²) >= 11 is 0. The molecule has 2 aromatic rings. The first-order chi connectivity index (χ1) is 16.1. The van der Waals surface area contributed by atoms with Crippen LogP contribution in [-0.2, 0) is 6.54 Å². The molecule has 0 unspecified atom stereocenters. The Hall–Kier alpha value is -2.48. The first-order valence-electron chi connectivity index (χ1n) is 12.4. The highest BCUT2D eigenvalue weighted by Gasteiger charge is 2.19. The Bertz CT molecular complexity index is 901. The van der Waals surface area contributed by atoms with Crippen molar-refractivity contribution in [2.24, 2.45) is 0 Å². The van der Waals surface area contributed by atoms with Crippen LogP contribution in [0, 0.1) is 0 Å². The van der Waals surface area contributed by atoms with Crippen LogP contribution in [0.3, 0.4) is 0 Å². The number of aromatic nitrogens is 1. The molecule has 1 amide bonds. The van der Waals surface area contributed by atoms with E-state index in [0.717, 1.165) is 69.8 Å². The van der Waals surface area contributed by atoms with Crippen molar-refractivity contribution < 1.29 is 4.79 Å². The number of likely N-dealkylation sites (N-methyl/N-ethyl adjacent to an activating group) is 1. The molecule has 4 N–H and O–H groups in total. The first kappa shape index (κ1) is 23.7. The highest BCUT2D eigenvalue weighted by molar-refractivity contribution is 5.99. The zero-order valence-electron chi connectivity index (χ0n) is 19.9. The molecule has 1 aromatic carbocycles. The maximum absolute atomic E-state index is 12.8. The van der Waals surface area contributed by atoms with Crippen LogP contribution in [0.2, 0.25) is 0 Å². The standard InChI is InChI=1S/C26H38N6O/c1-31-13-15-32(16-14-31)12-11-28-18-20-7-9-21(10-8-20)22-17-24(25(27)29-19-22)26(33)30-23-5-3-2-4-6-23/h7-10,17,19,23,28H,2-6,11-16,18H2,1H3,(H2,27,29)(H,30,33). The SMILES string of the molecule is CN1CCN(CCNCc2ccc(-c3cnc(N)c(C(=O)NC4CCCCC4)c3)cc2)CC1. The molecule has 0 spiro atoms. The summed E-state index contributed by atoms with van der Waals surface area (Å²) in [4.78, 5) is 22.0. The fourth-order valence-corrected chi connectivity index (χ4v) is 4.68. The number of amides is 1. The van der Waals surface area contributed by atoms with E-state index in [0.29, 0.717) is 5.56 Å². The number of hydrogen-bond acceptors (Lipinski definition) is 6. The number of pyridine rings is 1. The first-order valence-corrected chi connectivity index (χ1v) is 12.4. The number of carbonyl (C=O) groups is 1. The molecule has 2 aliphatic rings. The molecule has 1 aliphatic carbocycles. The van der Waals surface area contributed by atoms with Gasteiger partial charge in [-0.3, -0.25) is 9.69 Å². The highest BCUT2D eigenvalue weighted by atomic mass is 16.1. The third kappa shape index (κ3) is 6.76. The van der Waals surface area contributed by atoms with Crippen molar-refractivity contribution in [3.05, 3.63) is 47.7 Å². The summed E-state index contributed by atoms with van der Waals surface area (Å²) < 4.78 is 0. The summed E-state index contributed by atoms with van der Waals surface area (Å²) in [6.45, 7) is 7.56. The Morgan fingerprint density at radius 3 is 2.52 bits per heavy atom. The number of nitrogens with two attached hydrogens (primary N) is 1. The van der Waals surface area contributed by atoms with Gasteiger partial charge in [0.2, 0.25) is 0 Å². The summed E-state index contributed by atoms with van der Waals surface area (Å²) in [5.41, 5.74) is 9.70. The van der Waals surface area contributed by atoms with Gasteiger partial charge in [0.05, 0.1) is 5.56 Å². The molecule has 33 heavy (non-hydrogen) atoms. The van der Waals surface area contributed by atoms with E-state index in [4.69, 9.17) is 5.73 Å². The average Bonchev–Trinajstić information content (AvgIpc) is 2.84. The zero-order valence-corrected chi connectivity index (χ0v) is 19.9. The molecule has 7 heteroatoms. The molecule has 1 aliphatic heterocycles. The maximum Gasteiger partial charge on any atom is 0.255 e. The van der Waals surface area contributed by atoms with Gasteiger partial charge in [-0.15, -0.1) is 0 Å². The molecule has 4 rings (SSSR count). The van der Waals surface area contributed by atoms with E-state index < -0.39 is 0 Å². The second-order valence-corrected chi connectivity index (χ2v) is 9.48. The summed E-state index contributed by atoms with van der Waals surface area (Å²) in [5.74, 6) is 0.170. The molecule has 1 aromatic heterocycles. The number of anilines is 1. The number of nitrogen functional groups attached to an aromatic ring is 1. The second kappa shape index (κ2) is 11.6. The average molecular weight is 451 g/mol. The van der Waals surface area contributed by atoms with Crippen LogP contribution in [0.4, 0.5) is 5.82 Å². The molecule has 7 nitrogen and oxygen atoms in total. The maximum atomic E-state index is 12.8. The lowest BCUT2D eigenvalue weighted by molar-refractivity contribution is 0.0928. The molecule has 1 saturated heterocycles. The van der Waals surface area contributed by atoms with Gasteiger partial charge in [-0.2, -0.15) is 0 Å². The van der Waals surface area contributed by atoms with Crippen LogP contribution in [0.1, 0.15) is 48.0 Å². The smallest absolute Gasteiger partial charge is 0.255 e. The van der Waals surface area contributed by atoms with Crippen molar-refractivity contribution in [1.82, 2.24) is 25.4 Å². The van der Waals surface area contributed by atoms with E-state index in [2.05, 4.69) is 56.7 Å². The topological polar surface area (TPSA) is 86.5 Å². The van der Waals surface area contributed by atoms with Crippen molar-refractivity contribution >= 4 is 11.7 Å². The Morgan fingerprint density at radius 2 is 1.79 bits per heavy atom. The lowest BCUT2D eigenvalue weighted by Crippen LogP contribution is -2.46. The van der Waals surface area contributed by atoms with E-state index in [1.54, 1.807) is 6.20 Å². The Morgan fingerprint density at radius 1 is 1.06 bits per heavy atom. The summed E-state index contributed by atoms with van der Waals surface area (Å²) in [6, 6.07) is 10.6. The predicted octanol–water partition coefficient (Wildman–Crippen LogP) is 2.73. The molecule has 0 radical (unpaired) electrons.